The van der Waals surface area contributed by atoms with Crippen molar-refractivity contribution < 1.29 is 4.74 Å². The van der Waals surface area contributed by atoms with Crippen molar-refractivity contribution in [1.82, 2.24) is 9.97 Å². The average molecular weight is 326 g/mol. The number of para-hydroxylation sites is 2. The molecule has 0 fully saturated rings. The zero-order valence-corrected chi connectivity index (χ0v) is 13.8. The van der Waals surface area contributed by atoms with Crippen molar-refractivity contribution in [3.8, 4) is 17.1 Å². The van der Waals surface area contributed by atoms with Gasteiger partial charge in [0.2, 0.25) is 0 Å². The quantitative estimate of drug-likeness (QED) is 0.529. The van der Waals surface area contributed by atoms with E-state index in [1.54, 1.807) is 0 Å². The molecule has 4 aromatic rings. The van der Waals surface area contributed by atoms with Crippen molar-refractivity contribution >= 4 is 17.1 Å². The highest BCUT2D eigenvalue weighted by molar-refractivity contribution is 5.79. The van der Waals surface area contributed by atoms with Gasteiger partial charge in [0.1, 0.15) is 18.2 Å². The van der Waals surface area contributed by atoms with Gasteiger partial charge in [-0.2, -0.15) is 0 Å². The first-order valence-corrected chi connectivity index (χ1v) is 8.21. The zero-order chi connectivity index (χ0) is 17.1. The van der Waals surface area contributed by atoms with Gasteiger partial charge in [-0.3, -0.25) is 0 Å². The van der Waals surface area contributed by atoms with Gasteiger partial charge in [-0.1, -0.05) is 49.1 Å². The Morgan fingerprint density at radius 1 is 0.920 bits per heavy atom. The molecule has 0 aliphatic rings. The summed E-state index contributed by atoms with van der Waals surface area (Å²) in [5.74, 6) is 1.71. The molecule has 3 nitrogen and oxygen atoms in total. The zero-order valence-electron chi connectivity index (χ0n) is 13.8. The van der Waals surface area contributed by atoms with Crippen molar-refractivity contribution in [3.63, 3.8) is 0 Å². The summed E-state index contributed by atoms with van der Waals surface area (Å²) in [5.41, 5.74) is 5.30. The number of aromatic amines is 1. The minimum absolute atomic E-state index is 0.543. The van der Waals surface area contributed by atoms with Crippen LogP contribution in [0.4, 0.5) is 0 Å². The molecule has 0 saturated carbocycles. The van der Waals surface area contributed by atoms with Crippen LogP contribution in [0.15, 0.2) is 79.4 Å². The molecule has 0 bridgehead atoms. The summed E-state index contributed by atoms with van der Waals surface area (Å²) < 4.78 is 5.86. The maximum absolute atomic E-state index is 5.86. The molecule has 0 aliphatic carbocycles. The van der Waals surface area contributed by atoms with Gasteiger partial charge in [0.15, 0.2) is 0 Å². The smallest absolute Gasteiger partial charge is 0.138 e. The molecule has 0 amide bonds. The lowest BCUT2D eigenvalue weighted by molar-refractivity contribution is 0.306. The molecule has 1 aromatic heterocycles. The van der Waals surface area contributed by atoms with Crippen LogP contribution in [0, 0.1) is 0 Å². The van der Waals surface area contributed by atoms with Gasteiger partial charge in [0.25, 0.3) is 0 Å². The van der Waals surface area contributed by atoms with Crippen LogP contribution < -0.4 is 4.74 Å². The Balaban J connectivity index is 1.46. The van der Waals surface area contributed by atoms with Gasteiger partial charge in [0.05, 0.1) is 11.0 Å². The summed E-state index contributed by atoms with van der Waals surface area (Å²) in [5, 5.41) is 0. The van der Waals surface area contributed by atoms with E-state index in [1.807, 2.05) is 66.7 Å². The second-order valence-electron chi connectivity index (χ2n) is 5.86. The lowest BCUT2D eigenvalue weighted by atomic mass is 10.1. The summed E-state index contributed by atoms with van der Waals surface area (Å²) in [7, 11) is 0. The van der Waals surface area contributed by atoms with E-state index in [0.29, 0.717) is 6.61 Å². The second-order valence-corrected chi connectivity index (χ2v) is 5.86. The highest BCUT2D eigenvalue weighted by atomic mass is 16.5. The number of imidazole rings is 1. The number of aromatic nitrogens is 2. The van der Waals surface area contributed by atoms with Gasteiger partial charge in [-0.25, -0.2) is 4.98 Å². The van der Waals surface area contributed by atoms with Crippen LogP contribution in [-0.2, 0) is 6.61 Å². The maximum Gasteiger partial charge on any atom is 0.138 e. The van der Waals surface area contributed by atoms with E-state index in [2.05, 4.69) is 28.7 Å². The van der Waals surface area contributed by atoms with Crippen molar-refractivity contribution in [1.29, 1.82) is 0 Å². The fourth-order valence-electron chi connectivity index (χ4n) is 2.72. The number of rotatable bonds is 5. The SMILES string of the molecule is C=Cc1ccc(COc2ccc(-c3nc4ccccc4[nH]3)cc2)cc1. The molecule has 3 aromatic carbocycles. The Morgan fingerprint density at radius 3 is 2.40 bits per heavy atom. The van der Waals surface area contributed by atoms with Crippen molar-refractivity contribution in [2.45, 2.75) is 6.61 Å². The highest BCUT2D eigenvalue weighted by Crippen LogP contribution is 2.23. The molecule has 0 unspecified atom stereocenters. The summed E-state index contributed by atoms with van der Waals surface area (Å²) in [4.78, 5) is 7.96. The first-order chi connectivity index (χ1) is 12.3. The minimum Gasteiger partial charge on any atom is -0.489 e. The van der Waals surface area contributed by atoms with Gasteiger partial charge >= 0.3 is 0 Å². The molecular weight excluding hydrogens is 308 g/mol. The number of hydrogen-bond acceptors (Lipinski definition) is 2. The van der Waals surface area contributed by atoms with Crippen LogP contribution >= 0.6 is 0 Å². The number of fused-ring (bicyclic) bond motifs is 1. The molecule has 0 atom stereocenters. The van der Waals surface area contributed by atoms with Gasteiger partial charge < -0.3 is 9.72 Å². The van der Waals surface area contributed by atoms with Crippen molar-refractivity contribution in [2.75, 3.05) is 0 Å². The highest BCUT2D eigenvalue weighted by Gasteiger charge is 2.05. The van der Waals surface area contributed by atoms with Gasteiger partial charge in [0, 0.05) is 5.56 Å². The largest absolute Gasteiger partial charge is 0.489 e. The third-order valence-electron chi connectivity index (χ3n) is 4.14. The van der Waals surface area contributed by atoms with Crippen LogP contribution in [0.5, 0.6) is 5.75 Å². The van der Waals surface area contributed by atoms with E-state index >= 15 is 0 Å². The normalized spacial score (nSPS) is 10.7. The molecule has 25 heavy (non-hydrogen) atoms. The van der Waals surface area contributed by atoms with E-state index in [-0.39, 0.29) is 0 Å². The standard InChI is InChI=1S/C22H18N2O/c1-2-16-7-9-17(10-8-16)15-25-19-13-11-18(12-14-19)22-23-20-5-3-4-6-21(20)24-22/h2-14H,1,15H2,(H,23,24). The molecule has 3 heteroatoms. The molecule has 0 spiro atoms. The number of H-pyrrole nitrogens is 1. The van der Waals surface area contributed by atoms with Crippen LogP contribution in [-0.4, -0.2) is 9.97 Å². The maximum atomic E-state index is 5.86. The van der Waals surface area contributed by atoms with Crippen LogP contribution in [0.25, 0.3) is 28.5 Å². The Labute approximate surface area is 146 Å². The molecule has 1 heterocycles. The number of benzene rings is 3. The average Bonchev–Trinajstić information content (AvgIpc) is 3.11. The third kappa shape index (κ3) is 3.31. The Bertz CT molecular complexity index is 965. The summed E-state index contributed by atoms with van der Waals surface area (Å²) in [6, 6.07) is 24.2. The third-order valence-corrected chi connectivity index (χ3v) is 4.14. The van der Waals surface area contributed by atoms with Crippen LogP contribution in [0.2, 0.25) is 0 Å². The fourth-order valence-corrected chi connectivity index (χ4v) is 2.72. The van der Waals surface area contributed by atoms with Crippen LogP contribution in [0.1, 0.15) is 11.1 Å². The van der Waals surface area contributed by atoms with E-state index < -0.39 is 0 Å². The minimum atomic E-state index is 0.543. The van der Waals surface area contributed by atoms with E-state index in [0.717, 1.165) is 39.3 Å². The number of ether oxygens (including phenoxy) is 1. The summed E-state index contributed by atoms with van der Waals surface area (Å²) >= 11 is 0. The molecule has 1 N–H and O–H groups in total. The molecule has 0 saturated heterocycles. The van der Waals surface area contributed by atoms with Gasteiger partial charge in [-0.05, 0) is 47.5 Å². The van der Waals surface area contributed by atoms with E-state index in [4.69, 9.17) is 4.74 Å². The first-order valence-electron chi connectivity index (χ1n) is 8.21. The first kappa shape index (κ1) is 15.2. The molecule has 0 aliphatic heterocycles. The lowest BCUT2D eigenvalue weighted by Gasteiger charge is -2.07. The number of nitrogens with zero attached hydrogens (tertiary/aromatic N) is 1. The fraction of sp³-hybridized carbons (Fsp3) is 0.0455. The van der Waals surface area contributed by atoms with Crippen LogP contribution in [0.3, 0.4) is 0 Å². The topological polar surface area (TPSA) is 37.9 Å². The predicted molar refractivity (Wildman–Crippen MR) is 102 cm³/mol. The molecule has 122 valence electrons. The Morgan fingerprint density at radius 2 is 1.68 bits per heavy atom. The Hall–Kier alpha value is -3.33. The number of nitrogens with one attached hydrogen (secondary N) is 1. The Kier molecular flexibility index (Phi) is 4.05. The molecule has 0 radical (unpaired) electrons. The summed E-state index contributed by atoms with van der Waals surface area (Å²) in [6.45, 7) is 4.31. The second kappa shape index (κ2) is 6.65. The molecular formula is C22H18N2O. The van der Waals surface area contributed by atoms with E-state index in [1.165, 1.54) is 0 Å². The molecule has 4 rings (SSSR count). The van der Waals surface area contributed by atoms with Crippen molar-refractivity contribution in [3.05, 3.63) is 90.5 Å². The van der Waals surface area contributed by atoms with E-state index in [9.17, 15) is 0 Å². The lowest BCUT2D eigenvalue weighted by Crippen LogP contribution is -1.95. The monoisotopic (exact) mass is 326 g/mol. The van der Waals surface area contributed by atoms with Crippen molar-refractivity contribution in [2.24, 2.45) is 0 Å². The van der Waals surface area contributed by atoms with Gasteiger partial charge in [-0.15, -0.1) is 0 Å². The number of hydrogen-bond donors (Lipinski definition) is 1. The predicted octanol–water partition coefficient (Wildman–Crippen LogP) is 5.45. The summed E-state index contributed by atoms with van der Waals surface area (Å²) in [6.07, 6.45) is 1.83.